The standard InChI is InChI=1S/C17H15N3O4/c1-2-24-17(21)16(19-10-15(18-11-19)20(22)23)14-8-7-12-5-3-4-6-13(12)9-14/h3-11,16H,2H2,1H3. The van der Waals surface area contributed by atoms with Crippen LogP contribution in [-0.4, -0.2) is 27.1 Å². The van der Waals surface area contributed by atoms with Gasteiger partial charge in [0.25, 0.3) is 0 Å². The van der Waals surface area contributed by atoms with Crippen LogP contribution in [0.2, 0.25) is 0 Å². The van der Waals surface area contributed by atoms with Crippen molar-refractivity contribution >= 4 is 22.6 Å². The molecule has 0 bridgehead atoms. The molecule has 0 amide bonds. The first-order chi connectivity index (χ1) is 11.6. The van der Waals surface area contributed by atoms with Crippen molar-refractivity contribution in [3.63, 3.8) is 0 Å². The Hall–Kier alpha value is -3.22. The Labute approximate surface area is 137 Å². The van der Waals surface area contributed by atoms with Gasteiger partial charge in [0.05, 0.1) is 6.61 Å². The molecule has 3 rings (SSSR count). The highest BCUT2D eigenvalue weighted by Crippen LogP contribution is 2.25. The van der Waals surface area contributed by atoms with Gasteiger partial charge < -0.3 is 14.9 Å². The van der Waals surface area contributed by atoms with Crippen molar-refractivity contribution < 1.29 is 14.5 Å². The van der Waals surface area contributed by atoms with Gasteiger partial charge in [0.1, 0.15) is 6.20 Å². The van der Waals surface area contributed by atoms with Crippen LogP contribution in [0.5, 0.6) is 0 Å². The molecule has 7 heteroatoms. The van der Waals surface area contributed by atoms with E-state index in [1.165, 1.54) is 17.1 Å². The molecule has 0 saturated heterocycles. The number of esters is 1. The minimum Gasteiger partial charge on any atom is -0.464 e. The summed E-state index contributed by atoms with van der Waals surface area (Å²) in [5, 5.41) is 12.9. The first-order valence-corrected chi connectivity index (χ1v) is 7.43. The van der Waals surface area contributed by atoms with Gasteiger partial charge in [-0.15, -0.1) is 0 Å². The van der Waals surface area contributed by atoms with E-state index in [2.05, 4.69) is 4.98 Å². The fourth-order valence-electron chi connectivity index (χ4n) is 2.59. The van der Waals surface area contributed by atoms with E-state index in [4.69, 9.17) is 4.74 Å². The molecule has 0 N–H and O–H groups in total. The molecular weight excluding hydrogens is 310 g/mol. The molecule has 3 aromatic rings. The monoisotopic (exact) mass is 325 g/mol. The third-order valence-corrected chi connectivity index (χ3v) is 3.67. The number of benzene rings is 2. The highest BCUT2D eigenvalue weighted by molar-refractivity contribution is 5.85. The van der Waals surface area contributed by atoms with Gasteiger partial charge in [-0.3, -0.25) is 4.57 Å². The highest BCUT2D eigenvalue weighted by Gasteiger charge is 2.27. The van der Waals surface area contributed by atoms with Gasteiger partial charge in [-0.25, -0.2) is 4.79 Å². The zero-order valence-electron chi connectivity index (χ0n) is 13.0. The van der Waals surface area contributed by atoms with Gasteiger partial charge in [-0.1, -0.05) is 36.4 Å². The molecule has 0 aliphatic rings. The second-order valence-electron chi connectivity index (χ2n) is 5.20. The fraction of sp³-hybridized carbons (Fsp3) is 0.176. The lowest BCUT2D eigenvalue weighted by Gasteiger charge is -2.17. The van der Waals surface area contributed by atoms with Gasteiger partial charge >= 0.3 is 11.8 Å². The maximum Gasteiger partial charge on any atom is 0.381 e. The fourth-order valence-corrected chi connectivity index (χ4v) is 2.59. The van der Waals surface area contributed by atoms with Crippen LogP contribution in [0.3, 0.4) is 0 Å². The second kappa shape index (κ2) is 6.49. The molecule has 1 unspecified atom stereocenters. The van der Waals surface area contributed by atoms with Crippen molar-refractivity contribution in [2.75, 3.05) is 6.61 Å². The number of hydrogen-bond donors (Lipinski definition) is 0. The third-order valence-electron chi connectivity index (χ3n) is 3.67. The van der Waals surface area contributed by atoms with Crippen LogP contribution in [-0.2, 0) is 9.53 Å². The van der Waals surface area contributed by atoms with Crippen LogP contribution < -0.4 is 0 Å². The predicted molar refractivity (Wildman–Crippen MR) is 87.6 cm³/mol. The van der Waals surface area contributed by atoms with Crippen molar-refractivity contribution in [3.05, 3.63) is 70.7 Å². The third kappa shape index (κ3) is 2.96. The first kappa shape index (κ1) is 15.7. The summed E-state index contributed by atoms with van der Waals surface area (Å²) in [6.45, 7) is 1.94. The Kier molecular flexibility index (Phi) is 4.24. The van der Waals surface area contributed by atoms with E-state index in [1.807, 2.05) is 42.5 Å². The molecular formula is C17H15N3O4. The summed E-state index contributed by atoms with van der Waals surface area (Å²) < 4.78 is 6.54. The van der Waals surface area contributed by atoms with Gasteiger partial charge in [0.2, 0.25) is 6.33 Å². The Morgan fingerprint density at radius 1 is 1.29 bits per heavy atom. The Balaban J connectivity index is 2.08. The van der Waals surface area contributed by atoms with E-state index < -0.39 is 16.9 Å². The van der Waals surface area contributed by atoms with Crippen LogP contribution in [0.15, 0.2) is 55.0 Å². The molecule has 24 heavy (non-hydrogen) atoms. The number of nitro groups is 1. The lowest BCUT2D eigenvalue weighted by molar-refractivity contribution is -0.389. The summed E-state index contributed by atoms with van der Waals surface area (Å²) in [4.78, 5) is 26.4. The molecule has 0 aliphatic heterocycles. The topological polar surface area (TPSA) is 87.3 Å². The van der Waals surface area contributed by atoms with E-state index in [9.17, 15) is 14.9 Å². The summed E-state index contributed by atoms with van der Waals surface area (Å²) >= 11 is 0. The molecule has 2 aromatic carbocycles. The van der Waals surface area contributed by atoms with Crippen molar-refractivity contribution in [2.45, 2.75) is 13.0 Å². The normalized spacial score (nSPS) is 12.0. The minimum atomic E-state index is -0.823. The SMILES string of the molecule is CCOC(=O)C(c1ccc2ccccc2c1)n1cnc([N+](=O)[O-])c1. The second-order valence-corrected chi connectivity index (χ2v) is 5.20. The number of hydrogen-bond acceptors (Lipinski definition) is 5. The smallest absolute Gasteiger partial charge is 0.381 e. The maximum absolute atomic E-state index is 12.4. The Bertz CT molecular complexity index is 903. The number of carbonyl (C=O) groups excluding carboxylic acids is 1. The number of nitrogens with zero attached hydrogens (tertiary/aromatic N) is 3. The average molecular weight is 325 g/mol. The largest absolute Gasteiger partial charge is 0.464 e. The minimum absolute atomic E-state index is 0.222. The predicted octanol–water partition coefficient (Wildman–Crippen LogP) is 3.10. The van der Waals surface area contributed by atoms with Crippen molar-refractivity contribution in [1.29, 1.82) is 0 Å². The average Bonchev–Trinajstić information content (AvgIpc) is 3.05. The summed E-state index contributed by atoms with van der Waals surface area (Å²) in [5.74, 6) is -0.801. The molecule has 1 aromatic heterocycles. The zero-order valence-corrected chi connectivity index (χ0v) is 13.0. The van der Waals surface area contributed by atoms with E-state index in [1.54, 1.807) is 6.92 Å². The maximum atomic E-state index is 12.4. The summed E-state index contributed by atoms with van der Waals surface area (Å²) in [7, 11) is 0. The number of rotatable bonds is 5. The Morgan fingerprint density at radius 2 is 2.04 bits per heavy atom. The van der Waals surface area contributed by atoms with Crippen molar-refractivity contribution in [1.82, 2.24) is 9.55 Å². The van der Waals surface area contributed by atoms with E-state index in [-0.39, 0.29) is 12.4 Å². The number of aromatic nitrogens is 2. The molecule has 122 valence electrons. The van der Waals surface area contributed by atoms with Gasteiger partial charge in [0, 0.05) is 0 Å². The Morgan fingerprint density at radius 3 is 2.71 bits per heavy atom. The number of ether oxygens (including phenoxy) is 1. The van der Waals surface area contributed by atoms with E-state index in [0.717, 1.165) is 10.8 Å². The lowest BCUT2D eigenvalue weighted by Crippen LogP contribution is -2.22. The zero-order chi connectivity index (χ0) is 17.1. The van der Waals surface area contributed by atoms with Gasteiger partial charge in [0.15, 0.2) is 6.04 Å². The van der Waals surface area contributed by atoms with Gasteiger partial charge in [-0.2, -0.15) is 0 Å². The van der Waals surface area contributed by atoms with Crippen molar-refractivity contribution in [3.8, 4) is 0 Å². The molecule has 1 heterocycles. The number of carbonyl (C=O) groups is 1. The van der Waals surface area contributed by atoms with Crippen LogP contribution >= 0.6 is 0 Å². The molecule has 0 aliphatic carbocycles. The first-order valence-electron chi connectivity index (χ1n) is 7.43. The molecule has 0 saturated carbocycles. The highest BCUT2D eigenvalue weighted by atomic mass is 16.6. The number of fused-ring (bicyclic) bond motifs is 1. The molecule has 1 atom stereocenters. The van der Waals surface area contributed by atoms with E-state index in [0.29, 0.717) is 5.56 Å². The van der Waals surface area contributed by atoms with Crippen LogP contribution in [0, 0.1) is 10.1 Å². The molecule has 0 fully saturated rings. The summed E-state index contributed by atoms with van der Waals surface area (Å²) in [6.07, 6.45) is 2.51. The quantitative estimate of drug-likeness (QED) is 0.408. The summed E-state index contributed by atoms with van der Waals surface area (Å²) in [5.41, 5.74) is 0.680. The lowest BCUT2D eigenvalue weighted by atomic mass is 10.0. The summed E-state index contributed by atoms with van der Waals surface area (Å²) in [6, 6.07) is 12.5. The van der Waals surface area contributed by atoms with E-state index >= 15 is 0 Å². The molecule has 0 radical (unpaired) electrons. The van der Waals surface area contributed by atoms with Crippen LogP contribution in [0.4, 0.5) is 5.82 Å². The molecule has 0 spiro atoms. The number of imidazole rings is 1. The van der Waals surface area contributed by atoms with Crippen LogP contribution in [0.25, 0.3) is 10.8 Å². The van der Waals surface area contributed by atoms with Crippen LogP contribution in [0.1, 0.15) is 18.5 Å². The van der Waals surface area contributed by atoms with Crippen molar-refractivity contribution in [2.24, 2.45) is 0 Å². The van der Waals surface area contributed by atoms with Gasteiger partial charge in [-0.05, 0) is 39.2 Å². The molecule has 7 nitrogen and oxygen atoms in total.